The highest BCUT2D eigenvalue weighted by Crippen LogP contribution is 2.25. The van der Waals surface area contributed by atoms with Gasteiger partial charge in [0.1, 0.15) is 6.17 Å². The molecule has 2 atom stereocenters. The molecule has 0 spiro atoms. The van der Waals surface area contributed by atoms with Crippen LogP contribution in [0.1, 0.15) is 17.5 Å². The largest absolute Gasteiger partial charge is 0.316 e. The normalized spacial score (nSPS) is 29.2. The Bertz CT molecular complexity index is 369. The highest BCUT2D eigenvalue weighted by Gasteiger charge is 2.28. The maximum Gasteiger partial charge on any atom is 0.107 e. The monoisotopic (exact) mass is 234 g/mol. The summed E-state index contributed by atoms with van der Waals surface area (Å²) in [5, 5.41) is 3.29. The summed E-state index contributed by atoms with van der Waals surface area (Å²) in [7, 11) is 0. The van der Waals surface area contributed by atoms with Gasteiger partial charge in [0.05, 0.1) is 0 Å². The zero-order valence-corrected chi connectivity index (χ0v) is 10.0. The zero-order chi connectivity index (χ0) is 11.7. The SMILES string of the molecule is FC1CCNCC1CN1Cc2ccccc2C1. The molecule has 1 saturated heterocycles. The molecule has 1 aromatic rings. The summed E-state index contributed by atoms with van der Waals surface area (Å²) in [5.41, 5.74) is 2.82. The molecule has 1 fully saturated rings. The molecule has 2 unspecified atom stereocenters. The lowest BCUT2D eigenvalue weighted by molar-refractivity contribution is 0.125. The lowest BCUT2D eigenvalue weighted by Crippen LogP contribution is -2.43. The summed E-state index contributed by atoms with van der Waals surface area (Å²) in [4.78, 5) is 2.37. The number of hydrogen-bond acceptors (Lipinski definition) is 2. The number of fused-ring (bicyclic) bond motifs is 1. The predicted molar refractivity (Wildman–Crippen MR) is 66.4 cm³/mol. The summed E-state index contributed by atoms with van der Waals surface area (Å²) in [6.07, 6.45) is 0.0470. The number of hydrogen-bond donors (Lipinski definition) is 1. The van der Waals surface area contributed by atoms with Gasteiger partial charge in [-0.2, -0.15) is 0 Å². The molecule has 1 aromatic carbocycles. The molecule has 0 aliphatic carbocycles. The first-order valence-electron chi connectivity index (χ1n) is 6.47. The molecule has 3 heteroatoms. The Hall–Kier alpha value is -0.930. The summed E-state index contributed by atoms with van der Waals surface area (Å²) in [6, 6.07) is 8.54. The summed E-state index contributed by atoms with van der Waals surface area (Å²) < 4.78 is 13.8. The molecule has 92 valence electrons. The Balaban J connectivity index is 1.61. The topological polar surface area (TPSA) is 15.3 Å². The first-order chi connectivity index (χ1) is 8.33. The lowest BCUT2D eigenvalue weighted by Gasteiger charge is -2.30. The molecule has 2 nitrogen and oxygen atoms in total. The van der Waals surface area contributed by atoms with Crippen molar-refractivity contribution in [2.45, 2.75) is 25.7 Å². The molecule has 0 amide bonds. The van der Waals surface area contributed by atoms with E-state index in [0.29, 0.717) is 6.42 Å². The first kappa shape index (κ1) is 11.2. The highest BCUT2D eigenvalue weighted by atomic mass is 19.1. The van der Waals surface area contributed by atoms with Crippen molar-refractivity contribution in [2.24, 2.45) is 5.92 Å². The fourth-order valence-corrected chi connectivity index (χ4v) is 2.93. The van der Waals surface area contributed by atoms with Gasteiger partial charge in [0.25, 0.3) is 0 Å². The summed E-state index contributed by atoms with van der Waals surface area (Å²) in [5.74, 6) is 0.165. The van der Waals surface area contributed by atoms with E-state index in [1.807, 2.05) is 0 Å². The van der Waals surface area contributed by atoms with Gasteiger partial charge in [0.15, 0.2) is 0 Å². The van der Waals surface area contributed by atoms with Crippen LogP contribution in [-0.4, -0.2) is 30.7 Å². The van der Waals surface area contributed by atoms with E-state index in [9.17, 15) is 4.39 Å². The molecule has 0 saturated carbocycles. The third-order valence-corrected chi connectivity index (χ3v) is 3.91. The van der Waals surface area contributed by atoms with Gasteiger partial charge in [-0.3, -0.25) is 4.90 Å². The standard InChI is InChI=1S/C14H19FN2/c15-14-5-6-16-7-13(14)10-17-8-11-3-1-2-4-12(11)9-17/h1-4,13-14,16H,5-10H2. The van der Waals surface area contributed by atoms with Gasteiger partial charge in [0.2, 0.25) is 0 Å². The van der Waals surface area contributed by atoms with Crippen molar-refractivity contribution in [3.63, 3.8) is 0 Å². The molecule has 2 heterocycles. The average Bonchev–Trinajstić information content (AvgIpc) is 2.74. The molecular weight excluding hydrogens is 215 g/mol. The first-order valence-corrected chi connectivity index (χ1v) is 6.47. The second-order valence-corrected chi connectivity index (χ2v) is 5.21. The van der Waals surface area contributed by atoms with E-state index < -0.39 is 6.17 Å². The van der Waals surface area contributed by atoms with Crippen LogP contribution in [0.15, 0.2) is 24.3 Å². The van der Waals surface area contributed by atoms with Crippen LogP contribution in [0, 0.1) is 5.92 Å². The van der Waals surface area contributed by atoms with Crippen molar-refractivity contribution in [2.75, 3.05) is 19.6 Å². The van der Waals surface area contributed by atoms with Crippen molar-refractivity contribution in [1.29, 1.82) is 0 Å². The van der Waals surface area contributed by atoms with Crippen LogP contribution >= 0.6 is 0 Å². The molecule has 2 aliphatic rings. The van der Waals surface area contributed by atoms with Crippen molar-refractivity contribution < 1.29 is 4.39 Å². The number of nitrogens with one attached hydrogen (secondary N) is 1. The number of benzene rings is 1. The summed E-state index contributed by atoms with van der Waals surface area (Å²) >= 11 is 0. The average molecular weight is 234 g/mol. The van der Waals surface area contributed by atoms with E-state index in [-0.39, 0.29) is 5.92 Å². The fraction of sp³-hybridized carbons (Fsp3) is 0.571. The van der Waals surface area contributed by atoms with Gasteiger partial charge < -0.3 is 5.32 Å². The summed E-state index contributed by atoms with van der Waals surface area (Å²) in [6.45, 7) is 4.51. The fourth-order valence-electron chi connectivity index (χ4n) is 2.93. The maximum atomic E-state index is 13.8. The van der Waals surface area contributed by atoms with Crippen LogP contribution in [-0.2, 0) is 13.1 Å². The Labute approximate surface area is 102 Å². The van der Waals surface area contributed by atoms with E-state index >= 15 is 0 Å². The second-order valence-electron chi connectivity index (χ2n) is 5.21. The Kier molecular flexibility index (Phi) is 3.12. The zero-order valence-electron chi connectivity index (χ0n) is 10.0. The van der Waals surface area contributed by atoms with E-state index in [1.54, 1.807) is 0 Å². The molecule has 0 radical (unpaired) electrons. The Morgan fingerprint density at radius 3 is 2.59 bits per heavy atom. The molecule has 0 aromatic heterocycles. The minimum atomic E-state index is -0.625. The van der Waals surface area contributed by atoms with Gasteiger partial charge in [-0.15, -0.1) is 0 Å². The number of alkyl halides is 1. The van der Waals surface area contributed by atoms with Crippen molar-refractivity contribution in [1.82, 2.24) is 10.2 Å². The van der Waals surface area contributed by atoms with Crippen molar-refractivity contribution >= 4 is 0 Å². The van der Waals surface area contributed by atoms with Gasteiger partial charge in [-0.25, -0.2) is 4.39 Å². The highest BCUT2D eigenvalue weighted by molar-refractivity contribution is 5.30. The minimum Gasteiger partial charge on any atom is -0.316 e. The van der Waals surface area contributed by atoms with Crippen LogP contribution in [0.4, 0.5) is 4.39 Å². The third kappa shape index (κ3) is 2.35. The van der Waals surface area contributed by atoms with Crippen LogP contribution in [0.25, 0.3) is 0 Å². The molecular formula is C14H19FN2. The van der Waals surface area contributed by atoms with Crippen molar-refractivity contribution in [3.8, 4) is 0 Å². The Morgan fingerprint density at radius 1 is 1.24 bits per heavy atom. The molecule has 1 N–H and O–H groups in total. The number of rotatable bonds is 2. The van der Waals surface area contributed by atoms with Gasteiger partial charge in [-0.1, -0.05) is 24.3 Å². The second kappa shape index (κ2) is 4.75. The molecule has 3 rings (SSSR count). The minimum absolute atomic E-state index is 0.165. The van der Waals surface area contributed by atoms with Gasteiger partial charge in [0, 0.05) is 32.1 Å². The number of halogens is 1. The predicted octanol–water partition coefficient (Wildman–Crippen LogP) is 1.95. The third-order valence-electron chi connectivity index (χ3n) is 3.91. The van der Waals surface area contributed by atoms with Crippen LogP contribution in [0.3, 0.4) is 0 Å². The van der Waals surface area contributed by atoms with Crippen LogP contribution in [0.2, 0.25) is 0 Å². The van der Waals surface area contributed by atoms with Crippen molar-refractivity contribution in [3.05, 3.63) is 35.4 Å². The van der Waals surface area contributed by atoms with Crippen LogP contribution in [0.5, 0.6) is 0 Å². The molecule has 17 heavy (non-hydrogen) atoms. The van der Waals surface area contributed by atoms with E-state index in [2.05, 4.69) is 34.5 Å². The van der Waals surface area contributed by atoms with E-state index in [1.165, 1.54) is 11.1 Å². The molecule has 2 aliphatic heterocycles. The smallest absolute Gasteiger partial charge is 0.107 e. The van der Waals surface area contributed by atoms with E-state index in [4.69, 9.17) is 0 Å². The molecule has 0 bridgehead atoms. The quantitative estimate of drug-likeness (QED) is 0.841. The number of nitrogens with zero attached hydrogens (tertiary/aromatic N) is 1. The van der Waals surface area contributed by atoms with Crippen LogP contribution < -0.4 is 5.32 Å². The van der Waals surface area contributed by atoms with E-state index in [0.717, 1.165) is 32.7 Å². The van der Waals surface area contributed by atoms with Gasteiger partial charge >= 0.3 is 0 Å². The number of piperidine rings is 1. The Morgan fingerprint density at radius 2 is 1.94 bits per heavy atom. The lowest BCUT2D eigenvalue weighted by atomic mass is 9.97. The van der Waals surface area contributed by atoms with Gasteiger partial charge in [-0.05, 0) is 24.1 Å². The maximum absolute atomic E-state index is 13.8.